The summed E-state index contributed by atoms with van der Waals surface area (Å²) in [4.78, 5) is 17.1. The third kappa shape index (κ3) is 5.51. The molecular formula is C26H32N2O2. The van der Waals surface area contributed by atoms with Crippen molar-refractivity contribution in [1.82, 2.24) is 9.80 Å². The molecular weight excluding hydrogens is 372 g/mol. The van der Waals surface area contributed by atoms with Crippen molar-refractivity contribution in [1.29, 1.82) is 0 Å². The lowest BCUT2D eigenvalue weighted by atomic mass is 10.1. The zero-order valence-corrected chi connectivity index (χ0v) is 17.9. The lowest BCUT2D eigenvalue weighted by Gasteiger charge is -2.32. The Morgan fingerprint density at radius 1 is 1.00 bits per heavy atom. The maximum Gasteiger partial charge on any atom is 0.253 e. The number of piperidine rings is 1. The molecule has 0 N–H and O–H groups in total. The molecule has 2 aliphatic heterocycles. The van der Waals surface area contributed by atoms with Gasteiger partial charge in [-0.25, -0.2) is 0 Å². The van der Waals surface area contributed by atoms with Crippen LogP contribution in [0.4, 0.5) is 0 Å². The van der Waals surface area contributed by atoms with E-state index in [-0.39, 0.29) is 12.0 Å². The summed E-state index contributed by atoms with van der Waals surface area (Å²) in [5, 5.41) is 0. The molecule has 30 heavy (non-hydrogen) atoms. The zero-order valence-electron chi connectivity index (χ0n) is 17.9. The molecule has 4 nitrogen and oxygen atoms in total. The molecule has 2 aromatic rings. The van der Waals surface area contributed by atoms with Gasteiger partial charge in [-0.2, -0.15) is 0 Å². The van der Waals surface area contributed by atoms with Gasteiger partial charge in [0.25, 0.3) is 5.91 Å². The molecule has 0 bridgehead atoms. The first-order valence-electron chi connectivity index (χ1n) is 11.2. The van der Waals surface area contributed by atoms with Crippen LogP contribution in [0.15, 0.2) is 60.2 Å². The summed E-state index contributed by atoms with van der Waals surface area (Å²) in [6.45, 7) is 7.04. The van der Waals surface area contributed by atoms with Crippen molar-refractivity contribution in [3.05, 3.63) is 71.3 Å². The Hall–Kier alpha value is -2.59. The van der Waals surface area contributed by atoms with Crippen LogP contribution in [0.3, 0.4) is 0 Å². The fourth-order valence-electron chi connectivity index (χ4n) is 4.42. The molecule has 2 aromatic carbocycles. The first kappa shape index (κ1) is 20.7. The van der Waals surface area contributed by atoms with Crippen LogP contribution in [0.5, 0.6) is 5.75 Å². The van der Waals surface area contributed by atoms with Crippen molar-refractivity contribution >= 4 is 12.0 Å². The molecule has 158 valence electrons. The van der Waals surface area contributed by atoms with Gasteiger partial charge in [0.05, 0.1) is 0 Å². The average Bonchev–Trinajstić information content (AvgIpc) is 3.30. The Balaban J connectivity index is 1.27. The average molecular weight is 405 g/mol. The largest absolute Gasteiger partial charge is 0.490 e. The normalized spacial score (nSPS) is 18.6. The predicted octanol–water partition coefficient (Wildman–Crippen LogP) is 4.87. The lowest BCUT2D eigenvalue weighted by Crippen LogP contribution is -2.39. The van der Waals surface area contributed by atoms with Gasteiger partial charge in [-0.1, -0.05) is 48.0 Å². The number of hydrogen-bond donors (Lipinski definition) is 0. The molecule has 1 amide bonds. The zero-order chi connectivity index (χ0) is 20.8. The number of likely N-dealkylation sites (tertiary alicyclic amines) is 2. The summed E-state index contributed by atoms with van der Waals surface area (Å²) in [6.07, 6.45) is 6.75. The molecule has 0 aliphatic carbocycles. The summed E-state index contributed by atoms with van der Waals surface area (Å²) < 4.78 is 6.25. The summed E-state index contributed by atoms with van der Waals surface area (Å²) in [5.74, 6) is 0.951. The Morgan fingerprint density at radius 2 is 1.73 bits per heavy atom. The highest BCUT2D eigenvalue weighted by atomic mass is 16.5. The SMILES string of the molecule is C/C(=C\c1ccccc1)CN1CCC(Oc2cccc(C(=O)N3CCCC3)c2)CC1. The third-order valence-electron chi connectivity index (χ3n) is 6.00. The second kappa shape index (κ2) is 9.94. The van der Waals surface area contributed by atoms with Crippen LogP contribution in [-0.4, -0.2) is 54.5 Å². The third-order valence-corrected chi connectivity index (χ3v) is 6.00. The van der Waals surface area contributed by atoms with Gasteiger partial charge in [0.15, 0.2) is 0 Å². The smallest absolute Gasteiger partial charge is 0.253 e. The number of carbonyl (C=O) groups is 1. The van der Waals surface area contributed by atoms with Crippen LogP contribution in [-0.2, 0) is 0 Å². The highest BCUT2D eigenvalue weighted by molar-refractivity contribution is 5.94. The van der Waals surface area contributed by atoms with Crippen LogP contribution in [0.1, 0.15) is 48.5 Å². The lowest BCUT2D eigenvalue weighted by molar-refractivity contribution is 0.0790. The molecule has 0 spiro atoms. The second-order valence-electron chi connectivity index (χ2n) is 8.52. The van der Waals surface area contributed by atoms with E-state index in [9.17, 15) is 4.79 Å². The molecule has 4 heteroatoms. The summed E-state index contributed by atoms with van der Waals surface area (Å²) in [7, 11) is 0. The van der Waals surface area contributed by atoms with Crippen LogP contribution in [0.25, 0.3) is 6.08 Å². The Labute approximate surface area is 180 Å². The monoisotopic (exact) mass is 404 g/mol. The highest BCUT2D eigenvalue weighted by Gasteiger charge is 2.22. The first-order chi connectivity index (χ1) is 14.7. The number of carbonyl (C=O) groups excluding carboxylic acids is 1. The molecule has 2 saturated heterocycles. The van der Waals surface area contributed by atoms with Crippen molar-refractivity contribution in [3.63, 3.8) is 0 Å². The summed E-state index contributed by atoms with van der Waals surface area (Å²) >= 11 is 0. The van der Waals surface area contributed by atoms with Crippen LogP contribution in [0, 0.1) is 0 Å². The number of benzene rings is 2. The van der Waals surface area contributed by atoms with E-state index >= 15 is 0 Å². The predicted molar refractivity (Wildman–Crippen MR) is 122 cm³/mol. The maximum absolute atomic E-state index is 12.6. The van der Waals surface area contributed by atoms with Gasteiger partial charge in [-0.15, -0.1) is 0 Å². The van der Waals surface area contributed by atoms with E-state index in [1.165, 1.54) is 11.1 Å². The number of nitrogens with zero attached hydrogens (tertiary/aromatic N) is 2. The van der Waals surface area contributed by atoms with Crippen molar-refractivity contribution in [2.45, 2.75) is 38.7 Å². The Bertz CT molecular complexity index is 864. The molecule has 0 unspecified atom stereocenters. The van der Waals surface area contributed by atoms with E-state index in [1.807, 2.05) is 29.2 Å². The molecule has 4 rings (SSSR count). The van der Waals surface area contributed by atoms with E-state index in [4.69, 9.17) is 4.74 Å². The van der Waals surface area contributed by atoms with Crippen LogP contribution >= 0.6 is 0 Å². The molecule has 2 fully saturated rings. The Kier molecular flexibility index (Phi) is 6.85. The fourth-order valence-corrected chi connectivity index (χ4v) is 4.42. The van der Waals surface area contributed by atoms with E-state index in [0.717, 1.165) is 69.7 Å². The number of hydrogen-bond acceptors (Lipinski definition) is 3. The fraction of sp³-hybridized carbons (Fsp3) is 0.423. The molecule has 0 aromatic heterocycles. The second-order valence-corrected chi connectivity index (χ2v) is 8.52. The minimum absolute atomic E-state index is 0.133. The Morgan fingerprint density at radius 3 is 2.47 bits per heavy atom. The van der Waals surface area contributed by atoms with E-state index in [0.29, 0.717) is 0 Å². The van der Waals surface area contributed by atoms with E-state index in [2.05, 4.69) is 48.2 Å². The quantitative estimate of drug-likeness (QED) is 0.689. The van der Waals surface area contributed by atoms with Gasteiger partial charge >= 0.3 is 0 Å². The number of amides is 1. The maximum atomic E-state index is 12.6. The van der Waals surface area contributed by atoms with Gasteiger partial charge in [0, 0.05) is 38.3 Å². The van der Waals surface area contributed by atoms with Crippen LogP contribution in [0.2, 0.25) is 0 Å². The van der Waals surface area contributed by atoms with Gasteiger partial charge in [-0.3, -0.25) is 9.69 Å². The highest BCUT2D eigenvalue weighted by Crippen LogP contribution is 2.22. The molecule has 0 atom stereocenters. The van der Waals surface area contributed by atoms with E-state index < -0.39 is 0 Å². The first-order valence-corrected chi connectivity index (χ1v) is 11.2. The molecule has 0 saturated carbocycles. The number of ether oxygens (including phenoxy) is 1. The minimum atomic E-state index is 0.133. The minimum Gasteiger partial charge on any atom is -0.490 e. The van der Waals surface area contributed by atoms with Gasteiger partial charge in [-0.05, 0) is 56.4 Å². The molecule has 0 radical (unpaired) electrons. The van der Waals surface area contributed by atoms with Crippen LogP contribution < -0.4 is 4.74 Å². The van der Waals surface area contributed by atoms with Crippen molar-refractivity contribution < 1.29 is 9.53 Å². The van der Waals surface area contributed by atoms with E-state index in [1.54, 1.807) is 0 Å². The number of rotatable bonds is 6. The standard InChI is InChI=1S/C26H32N2O2/c1-21(18-22-8-3-2-4-9-22)20-27-16-12-24(13-17-27)30-25-11-7-10-23(19-25)26(29)28-14-5-6-15-28/h2-4,7-11,18-19,24H,5-6,12-17,20H2,1H3/b21-18+. The summed E-state index contributed by atoms with van der Waals surface area (Å²) in [6, 6.07) is 18.2. The molecule has 2 heterocycles. The van der Waals surface area contributed by atoms with Gasteiger partial charge in [0.1, 0.15) is 11.9 Å². The van der Waals surface area contributed by atoms with Crippen molar-refractivity contribution in [3.8, 4) is 5.75 Å². The molecule has 2 aliphatic rings. The van der Waals surface area contributed by atoms with Crippen molar-refractivity contribution in [2.75, 3.05) is 32.7 Å². The summed E-state index contributed by atoms with van der Waals surface area (Å²) in [5.41, 5.74) is 3.39. The van der Waals surface area contributed by atoms with Crippen molar-refractivity contribution in [2.24, 2.45) is 0 Å². The van der Waals surface area contributed by atoms with Gasteiger partial charge in [0.2, 0.25) is 0 Å². The van der Waals surface area contributed by atoms with Gasteiger partial charge < -0.3 is 9.64 Å². The topological polar surface area (TPSA) is 32.8 Å².